The van der Waals surface area contributed by atoms with Crippen molar-refractivity contribution in [3.63, 3.8) is 0 Å². The molecule has 0 aromatic heterocycles. The Morgan fingerprint density at radius 3 is 0.657 bits per heavy atom. The number of hydrogen-bond donors (Lipinski definition) is 1. The van der Waals surface area contributed by atoms with Gasteiger partial charge in [-0.05, 0) is 84.5 Å². The van der Waals surface area contributed by atoms with E-state index < -0.39 is 187 Å². The third-order valence-electron chi connectivity index (χ3n) is 20.8. The van der Waals surface area contributed by atoms with Crippen LogP contribution in [0.3, 0.4) is 0 Å². The van der Waals surface area contributed by atoms with Gasteiger partial charge in [-0.25, -0.2) is 87.8 Å². The summed E-state index contributed by atoms with van der Waals surface area (Å²) in [5, 5.41) is -16.2. The minimum atomic E-state index is -6.29. The molecule has 9 aromatic rings. The molecule has 22 heteroatoms. The first-order valence-electron chi connectivity index (χ1n) is 37.3. The van der Waals surface area contributed by atoms with Gasteiger partial charge in [-0.15, -0.1) is 21.9 Å². The zero-order valence-electron chi connectivity index (χ0n) is 59.6. The Balaban J connectivity index is 0.000000282. The Bertz CT molecular complexity index is 3960. The SMILES string of the molecule is CCCCCCCCCCCCCCCCCC[NH+](CCCCCCCCCCCCCCCCCC)c1ccccc1C.Fc1ccc2c([B-](c3c(F)c(F)c(F)c4c(F)c(F)ccc34)(c3c(F)c(F)c(F)c4c(F)c(F)ccc34)c3c(F)c(F)c(F)c4c(F)c(F)ccc34)c(F)c(F)c(F)c2c1F. The molecule has 9 aromatic carbocycles. The molecule has 9 rings (SSSR count). The number of nitrogens with one attached hydrogen (secondary N) is 1. The van der Waals surface area contributed by atoms with Crippen LogP contribution in [0.15, 0.2) is 72.8 Å². The normalized spacial score (nSPS) is 12.0. The van der Waals surface area contributed by atoms with Crippen LogP contribution < -0.4 is 26.8 Å². The predicted molar refractivity (Wildman–Crippen MR) is 380 cm³/mol. The van der Waals surface area contributed by atoms with Gasteiger partial charge in [-0.1, -0.05) is 236 Å². The fraction of sp³-hybridized carbons (Fsp3) is 0.446. The van der Waals surface area contributed by atoms with E-state index in [-0.39, 0.29) is 48.5 Å². The molecule has 0 amide bonds. The molecular weight excluding hydrogens is 1400 g/mol. The standard InChI is InChI=1S/C43H81N.C40H8BF20/c1-4-6-8-10-12-14-16-18-20-22-24-26-28-30-32-36-40-44(43-39-35-34-38-42(43)3)41-37-33-31-29-27-25-23-21-19-17-15-13-11-9-7-5-2;42-13-5-1-9-17(25(13)46)29(50)37(58)33(54)21(9)41(22-10-2-6-14(43)26(47)18(10)30(51)38(59)34(22)55,23-11-3-7-15(44)27(48)19(11)31(52)39(60)35(23)56)24-12-4-8-16(45)28(49)20(12)32(53)40(61)36(24)57/h34-35,38-39H,4-33,36-37,40-41H2,1-3H3;1-8H/q;-1/p+1. The van der Waals surface area contributed by atoms with Crippen molar-refractivity contribution in [2.24, 2.45) is 0 Å². The van der Waals surface area contributed by atoms with Gasteiger partial charge in [0.15, 0.2) is 93.1 Å². The van der Waals surface area contributed by atoms with Gasteiger partial charge in [0.25, 0.3) is 0 Å². The maximum Gasteiger partial charge on any atom is 0.191 e. The number of fused-ring (bicyclic) bond motifs is 4. The Morgan fingerprint density at radius 1 is 0.229 bits per heavy atom. The first-order chi connectivity index (χ1) is 50.4. The molecule has 0 aliphatic heterocycles. The number of hydrogen-bond acceptors (Lipinski definition) is 0. The van der Waals surface area contributed by atoms with Gasteiger partial charge in [-0.2, -0.15) is 0 Å². The molecule has 105 heavy (non-hydrogen) atoms. The fourth-order valence-corrected chi connectivity index (χ4v) is 15.4. The highest BCUT2D eigenvalue weighted by Crippen LogP contribution is 2.39. The minimum absolute atomic E-state index is 0.0220. The van der Waals surface area contributed by atoms with Gasteiger partial charge in [0.2, 0.25) is 0 Å². The molecule has 0 fully saturated rings. The number of unbranched alkanes of at least 4 members (excludes halogenated alkanes) is 30. The molecule has 0 atom stereocenters. The van der Waals surface area contributed by atoms with E-state index >= 15 is 70.2 Å². The summed E-state index contributed by atoms with van der Waals surface area (Å²) in [6.45, 7) is 9.58. The number of quaternary nitrogens is 1. The maximum atomic E-state index is 17.3. The van der Waals surface area contributed by atoms with Crippen molar-refractivity contribution in [1.29, 1.82) is 0 Å². The molecule has 0 unspecified atom stereocenters. The molecule has 1 nitrogen and oxygen atoms in total. The molecule has 0 spiro atoms. The summed E-state index contributed by atoms with van der Waals surface area (Å²) < 4.78 is 318. The number of aryl methyl sites for hydroxylation is 1. The summed E-state index contributed by atoms with van der Waals surface area (Å²) in [5.74, 6) is -54.8. The topological polar surface area (TPSA) is 4.44 Å². The first kappa shape index (κ1) is 83.3. The van der Waals surface area contributed by atoms with Gasteiger partial charge in [0.05, 0.1) is 34.6 Å². The van der Waals surface area contributed by atoms with Crippen molar-refractivity contribution < 1.29 is 92.7 Å². The van der Waals surface area contributed by atoms with Crippen LogP contribution in [-0.2, 0) is 0 Å². The Hall–Kier alpha value is -7.36. The van der Waals surface area contributed by atoms with Crippen molar-refractivity contribution in [3.05, 3.63) is 195 Å². The quantitative estimate of drug-likeness (QED) is 0.0170. The van der Waals surface area contributed by atoms with Gasteiger partial charge >= 0.3 is 0 Å². The monoisotopic (exact) mass is 1490 g/mol. The molecule has 1 N–H and O–H groups in total. The fourth-order valence-electron chi connectivity index (χ4n) is 15.4. The lowest BCUT2D eigenvalue weighted by atomic mass is 9.11. The second kappa shape index (κ2) is 39.5. The van der Waals surface area contributed by atoms with Gasteiger partial charge < -0.3 is 4.90 Å². The predicted octanol–water partition coefficient (Wildman–Crippen LogP) is 24.5. The lowest BCUT2D eigenvalue weighted by Crippen LogP contribution is -3.07. The van der Waals surface area contributed by atoms with Gasteiger partial charge in [0, 0.05) is 5.56 Å². The molecule has 0 bridgehead atoms. The van der Waals surface area contributed by atoms with E-state index in [0.717, 1.165) is 0 Å². The van der Waals surface area contributed by atoms with Crippen LogP contribution in [0.4, 0.5) is 93.5 Å². The third kappa shape index (κ3) is 18.6. The number of halogens is 20. The third-order valence-corrected chi connectivity index (χ3v) is 20.8. The van der Waals surface area contributed by atoms with E-state index in [9.17, 15) is 17.6 Å². The van der Waals surface area contributed by atoms with Crippen LogP contribution in [0.1, 0.15) is 225 Å². The van der Waals surface area contributed by atoms with E-state index in [1.165, 1.54) is 224 Å². The first-order valence-corrected chi connectivity index (χ1v) is 37.3. The molecule has 0 heterocycles. The molecule has 0 radical (unpaired) electrons. The minimum Gasteiger partial charge on any atom is -0.302 e. The van der Waals surface area contributed by atoms with Crippen LogP contribution >= 0.6 is 0 Å². The molecule has 0 aliphatic carbocycles. The number of rotatable bonds is 39. The number of benzene rings is 9. The molecular formula is C83H90BF20N. The maximum absolute atomic E-state index is 17.3. The van der Waals surface area contributed by atoms with Crippen LogP contribution in [0.2, 0.25) is 0 Å². The van der Waals surface area contributed by atoms with Crippen molar-refractivity contribution >= 4 is 76.8 Å². The molecule has 0 saturated heterocycles. The highest BCUT2D eigenvalue weighted by atomic mass is 19.2. The zero-order chi connectivity index (χ0) is 76.2. The lowest BCUT2D eigenvalue weighted by Gasteiger charge is -2.47. The van der Waals surface area contributed by atoms with Crippen molar-refractivity contribution in [3.8, 4) is 0 Å². The molecule has 0 aliphatic rings. The molecule has 570 valence electrons. The Kier molecular flexibility index (Phi) is 31.3. The number of para-hydroxylation sites is 1. The van der Waals surface area contributed by atoms with Crippen LogP contribution in [0.25, 0.3) is 43.1 Å². The highest BCUT2D eigenvalue weighted by molar-refractivity contribution is 7.23. The van der Waals surface area contributed by atoms with E-state index in [1.807, 2.05) is 0 Å². The summed E-state index contributed by atoms with van der Waals surface area (Å²) in [4.78, 5) is 1.75. The van der Waals surface area contributed by atoms with E-state index in [4.69, 9.17) is 0 Å². The van der Waals surface area contributed by atoms with E-state index in [0.29, 0.717) is 0 Å². The van der Waals surface area contributed by atoms with Gasteiger partial charge in [0.1, 0.15) is 35.1 Å². The zero-order valence-corrected chi connectivity index (χ0v) is 59.6. The van der Waals surface area contributed by atoms with Crippen LogP contribution in [0.5, 0.6) is 0 Å². The van der Waals surface area contributed by atoms with Crippen LogP contribution in [0, 0.1) is 123 Å². The van der Waals surface area contributed by atoms with Crippen LogP contribution in [-0.4, -0.2) is 19.2 Å². The Labute approximate surface area is 601 Å². The second-order valence-electron chi connectivity index (χ2n) is 27.9. The van der Waals surface area contributed by atoms with E-state index in [1.54, 1.807) is 10.6 Å². The smallest absolute Gasteiger partial charge is 0.191 e. The average Bonchev–Trinajstić information content (AvgIpc) is 0.669. The summed E-state index contributed by atoms with van der Waals surface area (Å²) in [7, 11) is 0. The summed E-state index contributed by atoms with van der Waals surface area (Å²) in [5.41, 5.74) is -6.69. The average molecular weight is 1490 g/mol. The van der Waals surface area contributed by atoms with Crippen molar-refractivity contribution in [1.82, 2.24) is 0 Å². The van der Waals surface area contributed by atoms with Crippen molar-refractivity contribution in [2.45, 2.75) is 226 Å². The second-order valence-corrected chi connectivity index (χ2v) is 27.9. The largest absolute Gasteiger partial charge is 0.302 e. The Morgan fingerprint density at radius 2 is 0.438 bits per heavy atom. The lowest BCUT2D eigenvalue weighted by molar-refractivity contribution is -0.833. The molecule has 0 saturated carbocycles. The summed E-state index contributed by atoms with van der Waals surface area (Å²) in [6, 6.07) is 8.68. The summed E-state index contributed by atoms with van der Waals surface area (Å²) >= 11 is 0. The summed E-state index contributed by atoms with van der Waals surface area (Å²) in [6.07, 6.45) is 40.2. The van der Waals surface area contributed by atoms with E-state index in [2.05, 4.69) is 45.0 Å². The van der Waals surface area contributed by atoms with Crippen molar-refractivity contribution in [2.75, 3.05) is 13.1 Å². The highest BCUT2D eigenvalue weighted by Gasteiger charge is 2.49. The van der Waals surface area contributed by atoms with Gasteiger partial charge in [-0.3, -0.25) is 0 Å².